The third-order valence-electron chi connectivity index (χ3n) is 4.34. The second kappa shape index (κ2) is 6.68. The lowest BCUT2D eigenvalue weighted by molar-refractivity contribution is 0.107. The Morgan fingerprint density at radius 3 is 2.84 bits per heavy atom. The zero-order valence-corrected chi connectivity index (χ0v) is 14.4. The maximum atomic E-state index is 5.81. The number of benzene rings is 1. The van der Waals surface area contributed by atoms with Crippen LogP contribution < -0.4 is 10.1 Å². The quantitative estimate of drug-likeness (QED) is 0.770. The average Bonchev–Trinajstić information content (AvgIpc) is 3.29. The minimum Gasteiger partial charge on any atom is -0.497 e. The number of methoxy groups -OCH3 is 1. The van der Waals surface area contributed by atoms with E-state index in [1.807, 2.05) is 37.3 Å². The Labute approximate surface area is 146 Å². The molecule has 0 saturated carbocycles. The van der Waals surface area contributed by atoms with E-state index in [1.165, 1.54) is 0 Å². The van der Waals surface area contributed by atoms with E-state index in [0.29, 0.717) is 18.3 Å². The number of nitrogens with zero attached hydrogens (tertiary/aromatic N) is 4. The van der Waals surface area contributed by atoms with E-state index >= 15 is 0 Å². The Bertz CT molecular complexity index is 869. The minimum absolute atomic E-state index is 0.0698. The lowest BCUT2D eigenvalue weighted by Gasteiger charge is -2.11. The van der Waals surface area contributed by atoms with Crippen LogP contribution in [0.5, 0.6) is 5.75 Å². The van der Waals surface area contributed by atoms with Crippen molar-refractivity contribution in [1.82, 2.24) is 19.6 Å². The predicted molar refractivity (Wildman–Crippen MR) is 93.8 cm³/mol. The normalized spacial score (nSPS) is 17.1. The van der Waals surface area contributed by atoms with Crippen molar-refractivity contribution in [3.05, 3.63) is 47.3 Å². The summed E-state index contributed by atoms with van der Waals surface area (Å²) in [5, 5.41) is 7.83. The summed E-state index contributed by atoms with van der Waals surface area (Å²) in [6.45, 7) is 3.40. The summed E-state index contributed by atoms with van der Waals surface area (Å²) in [6.07, 6.45) is 2.15. The zero-order valence-electron chi connectivity index (χ0n) is 14.4. The van der Waals surface area contributed by atoms with Crippen molar-refractivity contribution in [2.75, 3.05) is 19.0 Å². The first-order valence-electron chi connectivity index (χ1n) is 8.45. The summed E-state index contributed by atoms with van der Waals surface area (Å²) in [4.78, 5) is 8.99. The van der Waals surface area contributed by atoms with E-state index in [1.54, 1.807) is 11.6 Å². The molecule has 0 bridgehead atoms. The summed E-state index contributed by atoms with van der Waals surface area (Å²) < 4.78 is 12.8. The molecule has 1 fully saturated rings. The second-order valence-corrected chi connectivity index (χ2v) is 6.17. The lowest BCUT2D eigenvalue weighted by atomic mass is 10.1. The van der Waals surface area contributed by atoms with Gasteiger partial charge in [-0.25, -0.2) is 4.98 Å². The summed E-state index contributed by atoms with van der Waals surface area (Å²) in [5.74, 6) is 2.01. The molecule has 0 spiro atoms. The molecular weight excluding hydrogens is 318 g/mol. The predicted octanol–water partition coefficient (Wildman–Crippen LogP) is 2.90. The largest absolute Gasteiger partial charge is 0.497 e. The van der Waals surface area contributed by atoms with Gasteiger partial charge in [0, 0.05) is 18.8 Å². The fraction of sp³-hybridized carbons (Fsp3) is 0.389. The molecule has 0 aliphatic carbocycles. The van der Waals surface area contributed by atoms with Crippen molar-refractivity contribution < 1.29 is 9.47 Å². The molecule has 4 rings (SSSR count). The van der Waals surface area contributed by atoms with Crippen molar-refractivity contribution in [1.29, 1.82) is 0 Å². The minimum atomic E-state index is 0.0698. The third kappa shape index (κ3) is 3.28. The highest BCUT2D eigenvalue weighted by Gasteiger charge is 2.22. The smallest absolute Gasteiger partial charge is 0.254 e. The Morgan fingerprint density at radius 2 is 2.12 bits per heavy atom. The first-order valence-corrected chi connectivity index (χ1v) is 8.45. The van der Waals surface area contributed by atoms with Crippen LogP contribution in [0, 0.1) is 6.92 Å². The molecule has 25 heavy (non-hydrogen) atoms. The molecule has 1 atom stereocenters. The number of rotatable bonds is 5. The van der Waals surface area contributed by atoms with Crippen molar-refractivity contribution in [2.24, 2.45) is 0 Å². The number of nitrogens with one attached hydrogen (secondary N) is 1. The second-order valence-electron chi connectivity index (χ2n) is 6.17. The van der Waals surface area contributed by atoms with Gasteiger partial charge in [0.1, 0.15) is 5.75 Å². The van der Waals surface area contributed by atoms with E-state index < -0.39 is 0 Å². The average molecular weight is 339 g/mol. The Kier molecular flexibility index (Phi) is 4.23. The van der Waals surface area contributed by atoms with Crippen molar-refractivity contribution in [2.45, 2.75) is 32.4 Å². The van der Waals surface area contributed by atoms with Crippen LogP contribution in [0.15, 0.2) is 30.3 Å². The topological polar surface area (TPSA) is 73.6 Å². The third-order valence-corrected chi connectivity index (χ3v) is 4.34. The summed E-state index contributed by atoms with van der Waals surface area (Å²) in [6, 6.07) is 9.94. The van der Waals surface area contributed by atoms with Crippen LogP contribution in [0.25, 0.3) is 5.78 Å². The molecule has 7 nitrogen and oxygen atoms in total. The Morgan fingerprint density at radius 1 is 1.28 bits per heavy atom. The highest BCUT2D eigenvalue weighted by atomic mass is 16.5. The van der Waals surface area contributed by atoms with E-state index in [2.05, 4.69) is 20.4 Å². The monoisotopic (exact) mass is 339 g/mol. The van der Waals surface area contributed by atoms with Crippen LogP contribution in [-0.4, -0.2) is 33.3 Å². The molecule has 1 unspecified atom stereocenters. The van der Waals surface area contributed by atoms with Gasteiger partial charge in [0.05, 0.1) is 18.9 Å². The Balaban J connectivity index is 1.56. The highest BCUT2D eigenvalue weighted by molar-refractivity contribution is 5.40. The van der Waals surface area contributed by atoms with Crippen LogP contribution in [0.3, 0.4) is 0 Å². The van der Waals surface area contributed by atoms with Crippen LogP contribution >= 0.6 is 0 Å². The van der Waals surface area contributed by atoms with Gasteiger partial charge in [-0.2, -0.15) is 9.50 Å². The van der Waals surface area contributed by atoms with Gasteiger partial charge in [-0.3, -0.25) is 0 Å². The fourth-order valence-electron chi connectivity index (χ4n) is 3.05. The highest BCUT2D eigenvalue weighted by Crippen LogP contribution is 2.29. The number of aromatic nitrogens is 4. The Hall–Kier alpha value is -2.67. The molecule has 130 valence electrons. The molecule has 3 aromatic rings. The lowest BCUT2D eigenvalue weighted by Crippen LogP contribution is -2.07. The van der Waals surface area contributed by atoms with E-state index in [0.717, 1.165) is 42.1 Å². The molecule has 1 aromatic carbocycles. The van der Waals surface area contributed by atoms with Gasteiger partial charge in [-0.1, -0.05) is 12.1 Å². The van der Waals surface area contributed by atoms with Gasteiger partial charge in [-0.05, 0) is 43.5 Å². The molecular formula is C18H21N5O2. The van der Waals surface area contributed by atoms with Crippen LogP contribution in [0.4, 0.5) is 5.95 Å². The van der Waals surface area contributed by atoms with Crippen molar-refractivity contribution in [3.8, 4) is 5.75 Å². The van der Waals surface area contributed by atoms with Gasteiger partial charge >= 0.3 is 0 Å². The first-order chi connectivity index (χ1) is 12.2. The standard InChI is InChI=1S/C18H21N5O2/c1-12-10-15(16-4-3-9-25-16)23-18(20-12)21-17(22-23)19-11-13-5-7-14(24-2)8-6-13/h5-8,10,16H,3-4,9,11H2,1-2H3,(H,19,22). The molecule has 3 heterocycles. The van der Waals surface area contributed by atoms with E-state index in [9.17, 15) is 0 Å². The first kappa shape index (κ1) is 15.8. The number of aryl methyl sites for hydroxylation is 1. The van der Waals surface area contributed by atoms with Gasteiger partial charge < -0.3 is 14.8 Å². The molecule has 0 amide bonds. The van der Waals surface area contributed by atoms with Gasteiger partial charge in [0.2, 0.25) is 5.95 Å². The number of hydrogen-bond acceptors (Lipinski definition) is 6. The molecule has 1 N–H and O–H groups in total. The number of hydrogen-bond donors (Lipinski definition) is 1. The van der Waals surface area contributed by atoms with Gasteiger partial charge in [-0.15, -0.1) is 5.10 Å². The maximum Gasteiger partial charge on any atom is 0.254 e. The number of anilines is 1. The molecule has 2 aromatic heterocycles. The maximum absolute atomic E-state index is 5.81. The zero-order chi connectivity index (χ0) is 17.2. The molecule has 1 aliphatic rings. The van der Waals surface area contributed by atoms with Crippen LogP contribution in [0.1, 0.15) is 35.9 Å². The molecule has 1 saturated heterocycles. The molecule has 0 radical (unpaired) electrons. The van der Waals surface area contributed by atoms with Crippen LogP contribution in [0.2, 0.25) is 0 Å². The van der Waals surface area contributed by atoms with Gasteiger partial charge in [0.25, 0.3) is 5.78 Å². The number of fused-ring (bicyclic) bond motifs is 1. The van der Waals surface area contributed by atoms with Crippen LogP contribution in [-0.2, 0) is 11.3 Å². The number of ether oxygens (including phenoxy) is 2. The summed E-state index contributed by atoms with van der Waals surface area (Å²) in [7, 11) is 1.66. The van der Waals surface area contributed by atoms with Gasteiger partial charge in [0.15, 0.2) is 0 Å². The molecule has 7 heteroatoms. The summed E-state index contributed by atoms with van der Waals surface area (Å²) in [5.41, 5.74) is 3.07. The van der Waals surface area contributed by atoms with Crippen molar-refractivity contribution in [3.63, 3.8) is 0 Å². The fourth-order valence-corrected chi connectivity index (χ4v) is 3.05. The SMILES string of the molecule is COc1ccc(CNc2nc3nc(C)cc(C4CCCO4)n3n2)cc1. The van der Waals surface area contributed by atoms with E-state index in [-0.39, 0.29) is 6.10 Å². The molecule has 1 aliphatic heterocycles. The van der Waals surface area contributed by atoms with Crippen molar-refractivity contribution >= 4 is 11.7 Å². The summed E-state index contributed by atoms with van der Waals surface area (Å²) >= 11 is 0. The van der Waals surface area contributed by atoms with E-state index in [4.69, 9.17) is 9.47 Å².